The first-order chi connectivity index (χ1) is 10.5. The molecule has 1 aliphatic rings. The minimum Gasteiger partial charge on any atom is -0.382 e. The average Bonchev–Trinajstić information content (AvgIpc) is 2.72. The van der Waals surface area contributed by atoms with Crippen LogP contribution in [0.3, 0.4) is 0 Å². The normalized spacial score (nSPS) is 15.7. The van der Waals surface area contributed by atoms with E-state index in [4.69, 9.17) is 15.9 Å². The van der Waals surface area contributed by atoms with E-state index < -0.39 is 0 Å². The predicted molar refractivity (Wildman–Crippen MR) is 87.4 cm³/mol. The third kappa shape index (κ3) is 3.26. The van der Waals surface area contributed by atoms with E-state index in [1.807, 2.05) is 0 Å². The summed E-state index contributed by atoms with van der Waals surface area (Å²) in [5, 5.41) is 10.6. The Balaban J connectivity index is 2.40. The molecule has 1 fully saturated rings. The molecule has 1 aromatic rings. The van der Waals surface area contributed by atoms with E-state index in [1.54, 1.807) is 18.8 Å². The third-order valence-corrected chi connectivity index (χ3v) is 4.43. The van der Waals surface area contributed by atoms with Crippen LogP contribution >= 0.6 is 15.9 Å². The summed E-state index contributed by atoms with van der Waals surface area (Å²) in [6, 6.07) is 0. The largest absolute Gasteiger partial charge is 0.382 e. The molecule has 0 bridgehead atoms. The van der Waals surface area contributed by atoms with E-state index in [0.717, 1.165) is 22.3 Å². The second-order valence-corrected chi connectivity index (χ2v) is 5.85. The summed E-state index contributed by atoms with van der Waals surface area (Å²) >= 11 is 3.51. The van der Waals surface area contributed by atoms with Crippen LogP contribution in [0.1, 0.15) is 17.0 Å². The minimum atomic E-state index is -0.0405. The number of nitrogen functional groups attached to an aromatic ring is 1. The van der Waals surface area contributed by atoms with Gasteiger partial charge in [0.05, 0.1) is 23.3 Å². The number of methoxy groups -OCH3 is 1. The van der Waals surface area contributed by atoms with E-state index in [9.17, 15) is 4.79 Å². The van der Waals surface area contributed by atoms with Crippen molar-refractivity contribution in [3.8, 4) is 0 Å². The highest BCUT2D eigenvalue weighted by Gasteiger charge is 2.25. The molecule has 0 aliphatic carbocycles. The summed E-state index contributed by atoms with van der Waals surface area (Å²) in [5.41, 5.74) is 11.2. The number of nitrogens with one attached hydrogen (secondary N) is 3. The number of piperazine rings is 1. The van der Waals surface area contributed by atoms with Crippen LogP contribution in [0.5, 0.6) is 0 Å². The smallest absolute Gasteiger partial charge is 0.234 e. The molecule has 122 valence electrons. The van der Waals surface area contributed by atoms with Crippen molar-refractivity contribution in [1.29, 1.82) is 5.41 Å². The van der Waals surface area contributed by atoms with Crippen LogP contribution in [0.4, 0.5) is 0 Å². The van der Waals surface area contributed by atoms with Gasteiger partial charge in [-0.15, -0.1) is 0 Å². The maximum atomic E-state index is 11.5. The van der Waals surface area contributed by atoms with Gasteiger partial charge in [-0.3, -0.25) is 19.8 Å². The van der Waals surface area contributed by atoms with E-state index in [2.05, 4.69) is 31.6 Å². The fourth-order valence-corrected chi connectivity index (χ4v) is 3.35. The van der Waals surface area contributed by atoms with Gasteiger partial charge in [-0.25, -0.2) is 0 Å². The van der Waals surface area contributed by atoms with Crippen LogP contribution in [0.2, 0.25) is 0 Å². The summed E-state index contributed by atoms with van der Waals surface area (Å²) in [5.74, 6) is -0.0193. The minimum absolute atomic E-state index is 0.0213. The highest BCUT2D eigenvalue weighted by Crippen LogP contribution is 2.29. The Hall–Kier alpha value is -1.58. The Morgan fingerprint density at radius 1 is 1.59 bits per heavy atom. The first kappa shape index (κ1) is 16.8. The number of rotatable bonds is 6. The van der Waals surface area contributed by atoms with Gasteiger partial charge in [0.25, 0.3) is 0 Å². The number of nitrogens with zero attached hydrogens (tertiary/aromatic N) is 2. The molecule has 0 spiro atoms. The average molecular weight is 373 g/mol. The fraction of sp³-hybridized carbons (Fsp3) is 0.538. The Bertz CT molecular complexity index is 586. The van der Waals surface area contributed by atoms with E-state index in [1.165, 1.54) is 0 Å². The number of halogens is 1. The second kappa shape index (κ2) is 7.12. The molecule has 22 heavy (non-hydrogen) atoms. The number of hydrogen-bond donors (Lipinski definition) is 4. The standard InChI is InChI=1S/C13H21BrN6O2/c1-17-20-9(5-19-4-3-18-10(21)6-19)8(7-22-2)11(14)12(20)13(15)16/h17H,3-7H2,1-2H3,(H3,15,16)(H,18,21). The second-order valence-electron chi connectivity index (χ2n) is 5.05. The summed E-state index contributed by atoms with van der Waals surface area (Å²) < 4.78 is 7.79. The molecule has 0 unspecified atom stereocenters. The van der Waals surface area contributed by atoms with Gasteiger partial charge in [0, 0.05) is 39.4 Å². The topological polar surface area (TPSA) is 108 Å². The molecule has 2 heterocycles. The van der Waals surface area contributed by atoms with E-state index in [0.29, 0.717) is 31.9 Å². The van der Waals surface area contributed by atoms with Crippen molar-refractivity contribution < 1.29 is 9.53 Å². The maximum Gasteiger partial charge on any atom is 0.234 e. The zero-order valence-electron chi connectivity index (χ0n) is 12.7. The fourth-order valence-electron chi connectivity index (χ4n) is 2.62. The van der Waals surface area contributed by atoms with Crippen LogP contribution in [0.25, 0.3) is 0 Å². The van der Waals surface area contributed by atoms with Gasteiger partial charge in [0.15, 0.2) is 0 Å². The number of amides is 1. The van der Waals surface area contributed by atoms with Crippen molar-refractivity contribution in [1.82, 2.24) is 14.9 Å². The summed E-state index contributed by atoms with van der Waals surface area (Å²) in [6.45, 7) is 2.73. The van der Waals surface area contributed by atoms with Crippen molar-refractivity contribution in [2.75, 3.05) is 39.2 Å². The van der Waals surface area contributed by atoms with Crippen molar-refractivity contribution in [2.24, 2.45) is 5.73 Å². The van der Waals surface area contributed by atoms with Crippen molar-refractivity contribution in [3.05, 3.63) is 21.4 Å². The first-order valence-corrected chi connectivity index (χ1v) is 7.71. The van der Waals surface area contributed by atoms with E-state index in [-0.39, 0.29) is 11.7 Å². The highest BCUT2D eigenvalue weighted by molar-refractivity contribution is 9.10. The first-order valence-electron chi connectivity index (χ1n) is 6.91. The number of carbonyl (C=O) groups is 1. The van der Waals surface area contributed by atoms with Crippen LogP contribution in [0.15, 0.2) is 4.47 Å². The summed E-state index contributed by atoms with van der Waals surface area (Å²) in [6.07, 6.45) is 0. The van der Waals surface area contributed by atoms with Gasteiger partial charge >= 0.3 is 0 Å². The number of amidine groups is 1. The molecule has 1 saturated heterocycles. The third-order valence-electron chi connectivity index (χ3n) is 3.57. The molecule has 1 aliphatic heterocycles. The molecule has 0 atom stereocenters. The molecular weight excluding hydrogens is 352 g/mol. The lowest BCUT2D eigenvalue weighted by atomic mass is 10.2. The molecule has 0 aromatic carbocycles. The Morgan fingerprint density at radius 2 is 2.32 bits per heavy atom. The molecular formula is C13H21BrN6O2. The van der Waals surface area contributed by atoms with Crippen molar-refractivity contribution >= 4 is 27.7 Å². The number of nitrogens with two attached hydrogens (primary N) is 1. The zero-order valence-corrected chi connectivity index (χ0v) is 14.3. The summed E-state index contributed by atoms with van der Waals surface area (Å²) in [4.78, 5) is 13.6. The molecule has 0 radical (unpaired) electrons. The Kier molecular flexibility index (Phi) is 5.43. The quantitative estimate of drug-likeness (QED) is 0.408. The van der Waals surface area contributed by atoms with Gasteiger partial charge in [-0.2, -0.15) is 0 Å². The zero-order chi connectivity index (χ0) is 16.3. The molecule has 0 saturated carbocycles. The molecule has 2 rings (SSSR count). The summed E-state index contributed by atoms with van der Waals surface area (Å²) in [7, 11) is 3.39. The van der Waals surface area contributed by atoms with Crippen molar-refractivity contribution in [3.63, 3.8) is 0 Å². The molecule has 9 heteroatoms. The molecule has 5 N–H and O–H groups in total. The lowest BCUT2D eigenvalue weighted by molar-refractivity contribution is -0.124. The number of carbonyl (C=O) groups excluding carboxylic acids is 1. The maximum absolute atomic E-state index is 11.5. The monoisotopic (exact) mass is 372 g/mol. The van der Waals surface area contributed by atoms with Crippen LogP contribution in [0, 0.1) is 5.41 Å². The molecule has 1 amide bonds. The van der Waals surface area contributed by atoms with Gasteiger partial charge < -0.3 is 21.2 Å². The molecule has 1 aromatic heterocycles. The lowest BCUT2D eigenvalue weighted by Crippen LogP contribution is -2.47. The van der Waals surface area contributed by atoms with Crippen LogP contribution in [-0.4, -0.2) is 55.1 Å². The molecule has 8 nitrogen and oxygen atoms in total. The number of aromatic nitrogens is 1. The lowest BCUT2D eigenvalue weighted by Gasteiger charge is -2.27. The Morgan fingerprint density at radius 3 is 2.86 bits per heavy atom. The number of hydrogen-bond acceptors (Lipinski definition) is 5. The number of ether oxygens (including phenoxy) is 1. The van der Waals surface area contributed by atoms with Gasteiger partial charge in [-0.05, 0) is 15.9 Å². The van der Waals surface area contributed by atoms with Gasteiger partial charge in [-0.1, -0.05) is 0 Å². The van der Waals surface area contributed by atoms with Gasteiger partial charge in [0.2, 0.25) is 5.91 Å². The van der Waals surface area contributed by atoms with Crippen molar-refractivity contribution in [2.45, 2.75) is 13.2 Å². The SMILES string of the molecule is CNn1c(CN2CCNC(=O)C2)c(COC)c(Br)c1C(=N)N. The van der Waals surface area contributed by atoms with Crippen LogP contribution in [-0.2, 0) is 22.7 Å². The van der Waals surface area contributed by atoms with E-state index >= 15 is 0 Å². The predicted octanol–water partition coefficient (Wildman–Crippen LogP) is -0.214. The van der Waals surface area contributed by atoms with Gasteiger partial charge in [0.1, 0.15) is 11.5 Å². The Labute approximate surface area is 137 Å². The highest BCUT2D eigenvalue weighted by atomic mass is 79.9. The van der Waals surface area contributed by atoms with Crippen LogP contribution < -0.4 is 16.5 Å².